The third-order valence-electron chi connectivity index (χ3n) is 3.03. The summed E-state index contributed by atoms with van der Waals surface area (Å²) in [5.74, 6) is -0.0721. The summed E-state index contributed by atoms with van der Waals surface area (Å²) in [6.07, 6.45) is 0.899. The van der Waals surface area contributed by atoms with Crippen molar-refractivity contribution >= 4 is 34.8 Å². The van der Waals surface area contributed by atoms with E-state index in [9.17, 15) is 4.79 Å². The molecule has 0 heterocycles. The molecule has 0 spiro atoms. The molecule has 5 heteroatoms. The van der Waals surface area contributed by atoms with Gasteiger partial charge < -0.3 is 10.6 Å². The minimum Gasteiger partial charge on any atom is -0.397 e. The van der Waals surface area contributed by atoms with Crippen molar-refractivity contribution in [1.29, 1.82) is 0 Å². The fourth-order valence-electron chi connectivity index (χ4n) is 1.78. The van der Waals surface area contributed by atoms with Gasteiger partial charge in [-0.05, 0) is 32.4 Å². The van der Waals surface area contributed by atoms with E-state index in [0.29, 0.717) is 27.8 Å². The van der Waals surface area contributed by atoms with Gasteiger partial charge in [0.25, 0.3) is 5.91 Å². The van der Waals surface area contributed by atoms with Gasteiger partial charge in [0.05, 0.1) is 15.7 Å². The summed E-state index contributed by atoms with van der Waals surface area (Å²) in [7, 11) is 0. The molecule has 1 unspecified atom stereocenters. The highest BCUT2D eigenvalue weighted by Crippen LogP contribution is 2.30. The first-order valence-corrected chi connectivity index (χ1v) is 6.73. The maximum atomic E-state index is 12.4. The number of nitrogen functional groups attached to an aromatic ring is 1. The Hall–Kier alpha value is -0.930. The predicted molar refractivity (Wildman–Crippen MR) is 77.3 cm³/mol. The van der Waals surface area contributed by atoms with Gasteiger partial charge in [-0.15, -0.1) is 0 Å². The maximum Gasteiger partial charge on any atom is 0.254 e. The molecule has 1 amide bonds. The van der Waals surface area contributed by atoms with E-state index in [1.54, 1.807) is 17.0 Å². The molecular formula is C13H18Cl2N2O. The molecular weight excluding hydrogens is 271 g/mol. The van der Waals surface area contributed by atoms with Crippen LogP contribution >= 0.6 is 23.2 Å². The van der Waals surface area contributed by atoms with E-state index < -0.39 is 0 Å². The van der Waals surface area contributed by atoms with Crippen LogP contribution in [0.2, 0.25) is 10.0 Å². The second-order valence-corrected chi connectivity index (χ2v) is 4.99. The van der Waals surface area contributed by atoms with Crippen molar-refractivity contribution < 1.29 is 4.79 Å². The van der Waals surface area contributed by atoms with Gasteiger partial charge in [0.15, 0.2) is 0 Å². The molecule has 0 fully saturated rings. The van der Waals surface area contributed by atoms with Gasteiger partial charge in [0.1, 0.15) is 0 Å². The van der Waals surface area contributed by atoms with Crippen LogP contribution in [0.25, 0.3) is 0 Å². The Bertz CT molecular complexity index is 426. The molecule has 0 saturated heterocycles. The molecule has 0 aliphatic heterocycles. The largest absolute Gasteiger partial charge is 0.397 e. The van der Waals surface area contributed by atoms with Crippen LogP contribution in [0.3, 0.4) is 0 Å². The normalized spacial score (nSPS) is 12.3. The molecule has 1 atom stereocenters. The first-order valence-electron chi connectivity index (χ1n) is 5.97. The second kappa shape index (κ2) is 6.30. The van der Waals surface area contributed by atoms with Crippen molar-refractivity contribution in [3.05, 3.63) is 27.7 Å². The molecule has 100 valence electrons. The lowest BCUT2D eigenvalue weighted by Crippen LogP contribution is -2.38. The van der Waals surface area contributed by atoms with Crippen molar-refractivity contribution in [2.24, 2.45) is 0 Å². The Morgan fingerprint density at radius 2 is 2.00 bits per heavy atom. The van der Waals surface area contributed by atoms with Gasteiger partial charge in [-0.25, -0.2) is 0 Å². The third-order valence-corrected chi connectivity index (χ3v) is 3.84. The number of hydrogen-bond donors (Lipinski definition) is 1. The zero-order valence-corrected chi connectivity index (χ0v) is 12.3. The first-order chi connectivity index (χ1) is 8.42. The topological polar surface area (TPSA) is 46.3 Å². The van der Waals surface area contributed by atoms with Crippen molar-refractivity contribution in [3.8, 4) is 0 Å². The van der Waals surface area contributed by atoms with Gasteiger partial charge in [-0.3, -0.25) is 4.79 Å². The molecule has 18 heavy (non-hydrogen) atoms. The summed E-state index contributed by atoms with van der Waals surface area (Å²) in [6, 6.07) is 3.31. The molecule has 1 aromatic rings. The minimum atomic E-state index is -0.0721. The minimum absolute atomic E-state index is 0.0721. The van der Waals surface area contributed by atoms with E-state index in [1.165, 1.54) is 0 Å². The highest BCUT2D eigenvalue weighted by atomic mass is 35.5. The number of halogens is 2. The van der Waals surface area contributed by atoms with Crippen LogP contribution < -0.4 is 5.73 Å². The highest BCUT2D eigenvalue weighted by molar-refractivity contribution is 6.43. The maximum absolute atomic E-state index is 12.4. The molecule has 0 radical (unpaired) electrons. The lowest BCUT2D eigenvalue weighted by atomic mass is 10.1. The third kappa shape index (κ3) is 3.09. The zero-order valence-electron chi connectivity index (χ0n) is 10.8. The van der Waals surface area contributed by atoms with E-state index in [2.05, 4.69) is 0 Å². The van der Waals surface area contributed by atoms with Crippen LogP contribution in [0.4, 0.5) is 5.69 Å². The molecule has 1 rings (SSSR count). The molecule has 0 aliphatic rings. The number of hydrogen-bond acceptors (Lipinski definition) is 2. The number of carbonyl (C=O) groups excluding carboxylic acids is 1. The second-order valence-electron chi connectivity index (χ2n) is 4.21. The zero-order chi connectivity index (χ0) is 13.9. The van der Waals surface area contributed by atoms with Gasteiger partial charge in [-0.2, -0.15) is 0 Å². The molecule has 3 nitrogen and oxygen atoms in total. The smallest absolute Gasteiger partial charge is 0.254 e. The van der Waals surface area contributed by atoms with Crippen molar-refractivity contribution in [1.82, 2.24) is 4.90 Å². The molecule has 2 N–H and O–H groups in total. The SMILES string of the molecule is CCC(C)N(CC)C(=O)c1cc(N)c(Cl)c(Cl)c1. The first kappa shape index (κ1) is 15.1. The predicted octanol–water partition coefficient (Wildman–Crippen LogP) is 3.84. The van der Waals surface area contributed by atoms with E-state index in [-0.39, 0.29) is 11.9 Å². The summed E-state index contributed by atoms with van der Waals surface area (Å²) in [4.78, 5) is 14.2. The number of amides is 1. The average Bonchev–Trinajstić information content (AvgIpc) is 2.35. The van der Waals surface area contributed by atoms with Crippen LogP contribution in [0.1, 0.15) is 37.6 Å². The fraction of sp³-hybridized carbons (Fsp3) is 0.462. The number of anilines is 1. The van der Waals surface area contributed by atoms with E-state index in [4.69, 9.17) is 28.9 Å². The van der Waals surface area contributed by atoms with Gasteiger partial charge in [0.2, 0.25) is 0 Å². The number of carbonyl (C=O) groups is 1. The van der Waals surface area contributed by atoms with E-state index in [1.807, 2.05) is 20.8 Å². The Kier molecular flexibility index (Phi) is 5.29. The standard InChI is InChI=1S/C13H18Cl2N2O/c1-4-8(3)17(5-2)13(18)9-6-10(14)12(15)11(16)7-9/h6-8H,4-5,16H2,1-3H3. The molecule has 0 saturated carbocycles. The lowest BCUT2D eigenvalue weighted by Gasteiger charge is -2.27. The van der Waals surface area contributed by atoms with Crippen molar-refractivity contribution in [2.45, 2.75) is 33.2 Å². The number of rotatable bonds is 4. The van der Waals surface area contributed by atoms with Crippen LogP contribution in [0, 0.1) is 0 Å². The average molecular weight is 289 g/mol. The van der Waals surface area contributed by atoms with Gasteiger partial charge in [-0.1, -0.05) is 30.1 Å². The summed E-state index contributed by atoms with van der Waals surface area (Å²) >= 11 is 11.8. The Morgan fingerprint density at radius 1 is 1.39 bits per heavy atom. The Labute approximate surface area is 118 Å². The molecule has 0 aromatic heterocycles. The fourth-order valence-corrected chi connectivity index (χ4v) is 2.11. The summed E-state index contributed by atoms with van der Waals surface area (Å²) < 4.78 is 0. The van der Waals surface area contributed by atoms with E-state index >= 15 is 0 Å². The van der Waals surface area contributed by atoms with Crippen LogP contribution in [-0.2, 0) is 0 Å². The highest BCUT2D eigenvalue weighted by Gasteiger charge is 2.20. The molecule has 0 bridgehead atoms. The summed E-state index contributed by atoms with van der Waals surface area (Å²) in [5, 5.41) is 0.597. The van der Waals surface area contributed by atoms with Gasteiger partial charge >= 0.3 is 0 Å². The summed E-state index contributed by atoms with van der Waals surface area (Å²) in [6.45, 7) is 6.66. The number of nitrogens with zero attached hydrogens (tertiary/aromatic N) is 1. The number of nitrogens with two attached hydrogens (primary N) is 1. The molecule has 0 aliphatic carbocycles. The Balaban J connectivity index is 3.10. The lowest BCUT2D eigenvalue weighted by molar-refractivity contribution is 0.0700. The molecule has 1 aromatic carbocycles. The summed E-state index contributed by atoms with van der Waals surface area (Å²) in [5.41, 5.74) is 6.52. The van der Waals surface area contributed by atoms with Crippen LogP contribution in [0.15, 0.2) is 12.1 Å². The quantitative estimate of drug-likeness (QED) is 0.856. The monoisotopic (exact) mass is 288 g/mol. The van der Waals surface area contributed by atoms with Crippen molar-refractivity contribution in [3.63, 3.8) is 0 Å². The van der Waals surface area contributed by atoms with Crippen LogP contribution in [-0.4, -0.2) is 23.4 Å². The van der Waals surface area contributed by atoms with E-state index in [0.717, 1.165) is 6.42 Å². The van der Waals surface area contributed by atoms with Gasteiger partial charge in [0, 0.05) is 18.2 Å². The van der Waals surface area contributed by atoms with Crippen molar-refractivity contribution in [2.75, 3.05) is 12.3 Å². The number of benzene rings is 1. The van der Waals surface area contributed by atoms with Crippen LogP contribution in [0.5, 0.6) is 0 Å². The Morgan fingerprint density at radius 3 is 2.44 bits per heavy atom.